The van der Waals surface area contributed by atoms with E-state index >= 15 is 0 Å². The molecule has 0 fully saturated rings. The van der Waals surface area contributed by atoms with E-state index in [2.05, 4.69) is 200 Å². The molecule has 5 heterocycles. The fourth-order valence-electron chi connectivity index (χ4n) is 9.48. The molecule has 0 spiro atoms. The largest absolute Gasteiger partial charge is 0.305 e. The topological polar surface area (TPSA) is 44.5 Å². The van der Waals surface area contributed by atoms with Crippen molar-refractivity contribution >= 4 is 76.7 Å². The Morgan fingerprint density at radius 2 is 0.679 bits per heavy atom. The minimum atomic E-state index is 0.926. The third-order valence-corrected chi connectivity index (χ3v) is 11.7. The minimum Gasteiger partial charge on any atom is -0.305 e. The third kappa shape index (κ3) is 3.79. The summed E-state index contributed by atoms with van der Waals surface area (Å²) in [6.45, 7) is 0. The molecule has 0 radical (unpaired) electrons. The molecule has 13 aromatic rings. The smallest absolute Gasteiger partial charge is 0.146 e. The monoisotopic (exact) mass is 714 g/mol. The molecular formula is C50H30N6. The van der Waals surface area contributed by atoms with Gasteiger partial charge in [0.2, 0.25) is 0 Å². The van der Waals surface area contributed by atoms with E-state index < -0.39 is 0 Å². The van der Waals surface area contributed by atoms with Gasteiger partial charge in [0, 0.05) is 44.0 Å². The van der Waals surface area contributed by atoms with E-state index in [-0.39, 0.29) is 0 Å². The van der Waals surface area contributed by atoms with E-state index in [4.69, 9.17) is 9.97 Å². The van der Waals surface area contributed by atoms with Crippen LogP contribution in [0.3, 0.4) is 0 Å². The van der Waals surface area contributed by atoms with Crippen LogP contribution in [0.5, 0.6) is 0 Å². The molecule has 0 saturated heterocycles. The first-order valence-corrected chi connectivity index (χ1v) is 19.0. The van der Waals surface area contributed by atoms with Crippen molar-refractivity contribution in [2.45, 2.75) is 0 Å². The zero-order valence-corrected chi connectivity index (χ0v) is 30.0. The maximum absolute atomic E-state index is 5.36. The number of nitrogens with zero attached hydrogens (tertiary/aromatic N) is 6. The Labute approximate surface area is 319 Å². The van der Waals surface area contributed by atoms with Crippen molar-refractivity contribution in [1.82, 2.24) is 27.9 Å². The van der Waals surface area contributed by atoms with Crippen molar-refractivity contribution < 1.29 is 0 Å². The van der Waals surface area contributed by atoms with Gasteiger partial charge in [-0.15, -0.1) is 0 Å². The lowest BCUT2D eigenvalue weighted by Gasteiger charge is -2.15. The number of benzene rings is 8. The second-order valence-corrected chi connectivity index (χ2v) is 14.6. The summed E-state index contributed by atoms with van der Waals surface area (Å²) in [5, 5.41) is 4.78. The van der Waals surface area contributed by atoms with Crippen LogP contribution in [-0.2, 0) is 0 Å². The van der Waals surface area contributed by atoms with Crippen LogP contribution in [0.4, 0.5) is 0 Å². The number of fused-ring (bicyclic) bond motifs is 10. The summed E-state index contributed by atoms with van der Waals surface area (Å²) in [4.78, 5) is 10.7. The van der Waals surface area contributed by atoms with Gasteiger partial charge in [0.15, 0.2) is 0 Å². The minimum absolute atomic E-state index is 0.926. The molecule has 0 atom stereocenters. The average molecular weight is 715 g/mol. The van der Waals surface area contributed by atoms with Crippen LogP contribution in [0.25, 0.3) is 111 Å². The molecule has 0 aliphatic carbocycles. The van der Waals surface area contributed by atoms with Gasteiger partial charge in [0.1, 0.15) is 11.6 Å². The van der Waals surface area contributed by atoms with E-state index in [0.717, 1.165) is 67.3 Å². The second-order valence-electron chi connectivity index (χ2n) is 14.6. The molecular weight excluding hydrogens is 685 g/mol. The van der Waals surface area contributed by atoms with E-state index in [1.807, 2.05) is 0 Å². The first-order chi connectivity index (χ1) is 27.8. The molecule has 0 unspecified atom stereocenters. The van der Waals surface area contributed by atoms with Gasteiger partial charge < -0.3 is 8.80 Å². The summed E-state index contributed by atoms with van der Waals surface area (Å²) >= 11 is 0. The highest BCUT2D eigenvalue weighted by atomic mass is 15.1. The molecule has 0 N–H and O–H groups in total. The maximum Gasteiger partial charge on any atom is 0.146 e. The summed E-state index contributed by atoms with van der Waals surface area (Å²) < 4.78 is 9.60. The van der Waals surface area contributed by atoms with Gasteiger partial charge in [0.25, 0.3) is 0 Å². The van der Waals surface area contributed by atoms with Gasteiger partial charge >= 0.3 is 0 Å². The van der Waals surface area contributed by atoms with E-state index in [0.29, 0.717) is 0 Å². The highest BCUT2D eigenvalue weighted by Gasteiger charge is 2.27. The Morgan fingerprint density at radius 3 is 1.12 bits per heavy atom. The van der Waals surface area contributed by atoms with E-state index in [9.17, 15) is 0 Å². The van der Waals surface area contributed by atoms with E-state index in [1.54, 1.807) is 0 Å². The van der Waals surface area contributed by atoms with Crippen molar-refractivity contribution in [1.29, 1.82) is 0 Å². The standard InChI is InChI=1S/C50H30N6/c1-3-15-31(16-4-1)53-41-25-13-9-21-37(41)51-49(53)35-27-29-43-47-45(35)33-19-7-11-23-39(33)55(47)44-30-28-36(46-34-20-8-12-24-40(34)56(43)48(44)46)50-52-38-22-10-14-26-42(38)54(50)32-17-5-2-6-18-32/h1-30H. The molecule has 6 heteroatoms. The zero-order chi connectivity index (χ0) is 36.5. The van der Waals surface area contributed by atoms with Gasteiger partial charge in [0.05, 0.1) is 55.2 Å². The van der Waals surface area contributed by atoms with Gasteiger partial charge in [-0.3, -0.25) is 9.13 Å². The van der Waals surface area contributed by atoms with Crippen molar-refractivity contribution in [3.05, 3.63) is 182 Å². The van der Waals surface area contributed by atoms with Gasteiger partial charge in [-0.25, -0.2) is 9.97 Å². The Balaban J connectivity index is 1.20. The van der Waals surface area contributed by atoms with Crippen LogP contribution in [0.15, 0.2) is 182 Å². The van der Waals surface area contributed by atoms with Crippen molar-refractivity contribution in [2.24, 2.45) is 0 Å². The SMILES string of the molecule is c1ccc(-n2c(-c3ccc4c5c3c3ccccc3n5c3ccc(-c5nc6ccccc6n5-c5ccccc5)c5c6ccccc6n4c53)nc3ccccc32)cc1. The molecule has 0 aliphatic heterocycles. The van der Waals surface area contributed by atoms with Gasteiger partial charge in [-0.1, -0.05) is 97.1 Å². The molecule has 0 saturated carbocycles. The zero-order valence-electron chi connectivity index (χ0n) is 30.0. The fraction of sp³-hybridized carbons (Fsp3) is 0. The second kappa shape index (κ2) is 10.9. The van der Waals surface area contributed by atoms with Crippen LogP contribution >= 0.6 is 0 Å². The Kier molecular flexibility index (Phi) is 5.80. The number of hydrogen-bond acceptors (Lipinski definition) is 2. The van der Waals surface area contributed by atoms with Crippen molar-refractivity contribution in [2.75, 3.05) is 0 Å². The highest BCUT2D eigenvalue weighted by Crippen LogP contribution is 2.47. The quantitative estimate of drug-likeness (QED) is 0.170. The van der Waals surface area contributed by atoms with Crippen molar-refractivity contribution in [3.63, 3.8) is 0 Å². The molecule has 6 nitrogen and oxygen atoms in total. The maximum atomic E-state index is 5.36. The lowest BCUT2D eigenvalue weighted by molar-refractivity contribution is 1.10. The summed E-state index contributed by atoms with van der Waals surface area (Å²) in [6, 6.07) is 64.9. The first kappa shape index (κ1) is 29.7. The molecule has 8 aromatic carbocycles. The Morgan fingerprint density at radius 1 is 0.304 bits per heavy atom. The molecule has 0 bridgehead atoms. The molecule has 13 rings (SSSR count). The highest BCUT2D eigenvalue weighted by molar-refractivity contribution is 6.26. The summed E-state index contributed by atoms with van der Waals surface area (Å²) in [6.07, 6.45) is 0. The predicted molar refractivity (Wildman–Crippen MR) is 230 cm³/mol. The molecule has 0 amide bonds. The van der Waals surface area contributed by atoms with Crippen LogP contribution < -0.4 is 0 Å². The number of hydrogen-bond donors (Lipinski definition) is 0. The Bertz CT molecular complexity index is 3450. The fourth-order valence-corrected chi connectivity index (χ4v) is 9.48. The Hall–Kier alpha value is -7.70. The summed E-state index contributed by atoms with van der Waals surface area (Å²) in [7, 11) is 0. The van der Waals surface area contributed by atoms with E-state index in [1.165, 1.54) is 43.6 Å². The van der Waals surface area contributed by atoms with Crippen LogP contribution in [0.2, 0.25) is 0 Å². The number of aromatic nitrogens is 6. The first-order valence-electron chi connectivity index (χ1n) is 19.0. The number of para-hydroxylation sites is 8. The lowest BCUT2D eigenvalue weighted by Crippen LogP contribution is -2.01. The summed E-state index contributed by atoms with van der Waals surface area (Å²) in [5.74, 6) is 1.85. The predicted octanol–water partition coefficient (Wildman–Crippen LogP) is 12.3. The van der Waals surface area contributed by atoms with Gasteiger partial charge in [-0.2, -0.15) is 0 Å². The molecule has 5 aromatic heterocycles. The average Bonchev–Trinajstić information content (AvgIpc) is 4.03. The summed E-state index contributed by atoms with van der Waals surface area (Å²) in [5.41, 5.74) is 15.5. The van der Waals surface area contributed by atoms with Crippen LogP contribution in [0, 0.1) is 0 Å². The lowest BCUT2D eigenvalue weighted by atomic mass is 10.0. The third-order valence-electron chi connectivity index (χ3n) is 11.7. The molecule has 260 valence electrons. The van der Waals surface area contributed by atoms with Gasteiger partial charge in [-0.05, 0) is 84.9 Å². The van der Waals surface area contributed by atoms with Crippen LogP contribution in [-0.4, -0.2) is 27.9 Å². The molecule has 0 aliphatic rings. The molecule has 56 heavy (non-hydrogen) atoms. The van der Waals surface area contributed by atoms with Crippen LogP contribution in [0.1, 0.15) is 0 Å². The number of rotatable bonds is 4. The normalized spacial score (nSPS) is 12.3. The number of imidazole rings is 2. The van der Waals surface area contributed by atoms with Crippen molar-refractivity contribution in [3.8, 4) is 34.2 Å².